The van der Waals surface area contributed by atoms with Gasteiger partial charge in [-0.05, 0) is 24.7 Å². The van der Waals surface area contributed by atoms with Crippen LogP contribution in [0.5, 0.6) is 0 Å². The zero-order chi connectivity index (χ0) is 15.4. The Morgan fingerprint density at radius 2 is 2.05 bits per heavy atom. The van der Waals surface area contributed by atoms with Gasteiger partial charge >= 0.3 is 5.97 Å². The normalized spacial score (nSPS) is 10.8. The Labute approximate surface area is 128 Å². The van der Waals surface area contributed by atoms with Crippen molar-refractivity contribution in [2.45, 2.75) is 31.8 Å². The fourth-order valence-electron chi connectivity index (χ4n) is 1.94. The smallest absolute Gasteiger partial charge is 0.342 e. The fourth-order valence-corrected chi connectivity index (χ4v) is 2.83. The average Bonchev–Trinajstić information content (AvgIpc) is 2.75. The Hall–Kier alpha value is -1.95. The number of anilines is 1. The SMILES string of the molecule is CCCSc1nn(Cc2ccc(C)cc2)c(N)c1C(=O)O. The molecule has 0 aliphatic heterocycles. The van der Waals surface area contributed by atoms with Crippen LogP contribution in [0.4, 0.5) is 5.82 Å². The number of nitrogens with zero attached hydrogens (tertiary/aromatic N) is 2. The third-order valence-corrected chi connectivity index (χ3v) is 4.24. The number of thioether (sulfide) groups is 1. The molecule has 0 saturated heterocycles. The third kappa shape index (κ3) is 3.58. The van der Waals surface area contributed by atoms with Crippen LogP contribution in [0.1, 0.15) is 34.8 Å². The van der Waals surface area contributed by atoms with Crippen molar-refractivity contribution in [3.63, 3.8) is 0 Å². The summed E-state index contributed by atoms with van der Waals surface area (Å²) in [4.78, 5) is 11.4. The van der Waals surface area contributed by atoms with Gasteiger partial charge in [-0.25, -0.2) is 9.48 Å². The monoisotopic (exact) mass is 305 g/mol. The molecule has 0 bridgehead atoms. The third-order valence-electron chi connectivity index (χ3n) is 3.07. The second-order valence-corrected chi connectivity index (χ2v) is 5.95. The van der Waals surface area contributed by atoms with E-state index in [2.05, 4.69) is 5.10 Å². The number of aryl methyl sites for hydroxylation is 1. The van der Waals surface area contributed by atoms with Crippen LogP contribution in [0.2, 0.25) is 0 Å². The first-order valence-electron chi connectivity index (χ1n) is 6.80. The maximum Gasteiger partial charge on any atom is 0.342 e. The van der Waals surface area contributed by atoms with Gasteiger partial charge in [-0.1, -0.05) is 36.8 Å². The van der Waals surface area contributed by atoms with Gasteiger partial charge < -0.3 is 10.8 Å². The zero-order valence-electron chi connectivity index (χ0n) is 12.2. The zero-order valence-corrected chi connectivity index (χ0v) is 13.0. The van der Waals surface area contributed by atoms with E-state index in [-0.39, 0.29) is 11.4 Å². The summed E-state index contributed by atoms with van der Waals surface area (Å²) in [6, 6.07) is 8.02. The van der Waals surface area contributed by atoms with E-state index in [0.717, 1.165) is 17.7 Å². The number of benzene rings is 1. The molecule has 5 nitrogen and oxygen atoms in total. The number of hydrogen-bond donors (Lipinski definition) is 2. The van der Waals surface area contributed by atoms with Crippen molar-refractivity contribution < 1.29 is 9.90 Å². The molecule has 0 spiro atoms. The van der Waals surface area contributed by atoms with Gasteiger partial charge in [-0.2, -0.15) is 5.10 Å². The van der Waals surface area contributed by atoms with Gasteiger partial charge in [0.05, 0.1) is 6.54 Å². The molecule has 6 heteroatoms. The van der Waals surface area contributed by atoms with E-state index < -0.39 is 5.97 Å². The van der Waals surface area contributed by atoms with E-state index in [9.17, 15) is 9.90 Å². The molecule has 0 saturated carbocycles. The Bertz CT molecular complexity index is 635. The first kappa shape index (κ1) is 15.4. The van der Waals surface area contributed by atoms with Gasteiger partial charge in [0.25, 0.3) is 0 Å². The van der Waals surface area contributed by atoms with E-state index in [1.165, 1.54) is 17.3 Å². The second kappa shape index (κ2) is 6.67. The minimum atomic E-state index is -1.03. The molecule has 0 aliphatic carbocycles. The van der Waals surface area contributed by atoms with Crippen molar-refractivity contribution in [2.75, 3.05) is 11.5 Å². The predicted octanol–water partition coefficient (Wildman–Crippen LogP) is 3.02. The topological polar surface area (TPSA) is 81.1 Å². The van der Waals surface area contributed by atoms with Crippen LogP contribution in [0, 0.1) is 6.92 Å². The van der Waals surface area contributed by atoms with E-state index in [0.29, 0.717) is 11.6 Å². The number of nitrogen functional groups attached to an aromatic ring is 1. The summed E-state index contributed by atoms with van der Waals surface area (Å²) < 4.78 is 1.56. The van der Waals surface area contributed by atoms with Crippen LogP contribution in [0.15, 0.2) is 29.3 Å². The summed E-state index contributed by atoms with van der Waals surface area (Å²) in [6.07, 6.45) is 0.953. The van der Waals surface area contributed by atoms with Gasteiger partial charge in [0, 0.05) is 0 Å². The molecular weight excluding hydrogens is 286 g/mol. The van der Waals surface area contributed by atoms with Crippen LogP contribution in [0.3, 0.4) is 0 Å². The van der Waals surface area contributed by atoms with Crippen molar-refractivity contribution in [2.24, 2.45) is 0 Å². The molecule has 0 aliphatic rings. The highest BCUT2D eigenvalue weighted by molar-refractivity contribution is 7.99. The van der Waals surface area contributed by atoms with E-state index in [1.807, 2.05) is 38.1 Å². The van der Waals surface area contributed by atoms with Crippen molar-refractivity contribution in [3.05, 3.63) is 41.0 Å². The molecule has 0 atom stereocenters. The van der Waals surface area contributed by atoms with Crippen LogP contribution in [-0.4, -0.2) is 26.6 Å². The Morgan fingerprint density at radius 3 is 2.62 bits per heavy atom. The molecule has 1 aromatic heterocycles. The summed E-state index contributed by atoms with van der Waals surface area (Å²) in [5.74, 6) is 0.00397. The number of nitrogens with two attached hydrogens (primary N) is 1. The molecule has 0 fully saturated rings. The summed E-state index contributed by atoms with van der Waals surface area (Å²) in [7, 11) is 0. The number of carbonyl (C=O) groups is 1. The first-order chi connectivity index (χ1) is 10.0. The lowest BCUT2D eigenvalue weighted by Crippen LogP contribution is -2.08. The molecule has 21 heavy (non-hydrogen) atoms. The summed E-state index contributed by atoms with van der Waals surface area (Å²) in [6.45, 7) is 4.53. The second-order valence-electron chi connectivity index (χ2n) is 4.86. The van der Waals surface area contributed by atoms with Crippen LogP contribution in [-0.2, 0) is 6.54 Å². The van der Waals surface area contributed by atoms with Gasteiger partial charge in [0.1, 0.15) is 16.4 Å². The van der Waals surface area contributed by atoms with Gasteiger partial charge in [-0.3, -0.25) is 0 Å². The highest BCUT2D eigenvalue weighted by Gasteiger charge is 2.21. The van der Waals surface area contributed by atoms with Gasteiger partial charge in [-0.15, -0.1) is 11.8 Å². The van der Waals surface area contributed by atoms with Gasteiger partial charge in [0.2, 0.25) is 0 Å². The molecule has 0 radical (unpaired) electrons. The highest BCUT2D eigenvalue weighted by atomic mass is 32.2. The Morgan fingerprint density at radius 1 is 1.38 bits per heavy atom. The largest absolute Gasteiger partial charge is 0.477 e. The van der Waals surface area contributed by atoms with Crippen LogP contribution >= 0.6 is 11.8 Å². The lowest BCUT2D eigenvalue weighted by Gasteiger charge is -2.04. The fraction of sp³-hybridized carbons (Fsp3) is 0.333. The number of hydrogen-bond acceptors (Lipinski definition) is 4. The molecule has 2 rings (SSSR count). The number of carboxylic acids is 1. The molecule has 1 heterocycles. The standard InChI is InChI=1S/C15H19N3O2S/c1-3-8-21-14-12(15(19)20)13(16)18(17-14)9-11-6-4-10(2)5-7-11/h4-7H,3,8-9,16H2,1-2H3,(H,19,20). The minimum Gasteiger partial charge on any atom is -0.477 e. The van der Waals surface area contributed by atoms with E-state index >= 15 is 0 Å². The Kier molecular flexibility index (Phi) is 4.90. The minimum absolute atomic E-state index is 0.112. The maximum absolute atomic E-state index is 11.4. The highest BCUT2D eigenvalue weighted by Crippen LogP contribution is 2.27. The lowest BCUT2D eigenvalue weighted by molar-refractivity contribution is 0.0694. The molecule has 0 amide bonds. The van der Waals surface area contributed by atoms with E-state index in [1.54, 1.807) is 4.68 Å². The number of rotatable bonds is 6. The van der Waals surface area contributed by atoms with Crippen molar-refractivity contribution in [1.82, 2.24) is 9.78 Å². The van der Waals surface area contributed by atoms with Crippen LogP contribution < -0.4 is 5.73 Å². The predicted molar refractivity (Wildman–Crippen MR) is 84.9 cm³/mol. The Balaban J connectivity index is 2.31. The average molecular weight is 305 g/mol. The molecule has 3 N–H and O–H groups in total. The molecule has 1 aromatic carbocycles. The number of carboxylic acid groups (broad SMARTS) is 1. The lowest BCUT2D eigenvalue weighted by atomic mass is 10.1. The summed E-state index contributed by atoms with van der Waals surface area (Å²) in [5.41, 5.74) is 8.29. The maximum atomic E-state index is 11.4. The molecule has 2 aromatic rings. The van der Waals surface area contributed by atoms with Gasteiger partial charge in [0.15, 0.2) is 0 Å². The molecule has 0 unspecified atom stereocenters. The van der Waals surface area contributed by atoms with Crippen LogP contribution in [0.25, 0.3) is 0 Å². The number of aromatic nitrogens is 2. The molecule has 112 valence electrons. The number of aromatic carboxylic acids is 1. The van der Waals surface area contributed by atoms with Crippen molar-refractivity contribution in [1.29, 1.82) is 0 Å². The van der Waals surface area contributed by atoms with E-state index in [4.69, 9.17) is 5.73 Å². The van der Waals surface area contributed by atoms with Crippen molar-refractivity contribution in [3.8, 4) is 0 Å². The quantitative estimate of drug-likeness (QED) is 0.802. The summed E-state index contributed by atoms with van der Waals surface area (Å²) >= 11 is 1.43. The summed E-state index contributed by atoms with van der Waals surface area (Å²) in [5, 5.41) is 14.2. The van der Waals surface area contributed by atoms with Crippen molar-refractivity contribution >= 4 is 23.5 Å². The first-order valence-corrected chi connectivity index (χ1v) is 7.79. The molecular formula is C15H19N3O2S.